The second-order valence-corrected chi connectivity index (χ2v) is 7.72. The van der Waals surface area contributed by atoms with Crippen molar-refractivity contribution in [1.82, 2.24) is 24.9 Å². The second kappa shape index (κ2) is 11.0. The Hall–Kier alpha value is -1.60. The molecule has 29 heavy (non-hydrogen) atoms. The van der Waals surface area contributed by atoms with Crippen LogP contribution in [0.15, 0.2) is 36.4 Å². The summed E-state index contributed by atoms with van der Waals surface area (Å²) in [5.41, 5.74) is 3.49. The molecule has 1 amide bonds. The van der Waals surface area contributed by atoms with Gasteiger partial charge in [-0.05, 0) is 44.6 Å². The first-order valence-corrected chi connectivity index (χ1v) is 9.97. The van der Waals surface area contributed by atoms with E-state index in [9.17, 15) is 4.79 Å². The first-order valence-electron chi connectivity index (χ1n) is 9.97. The second-order valence-electron chi connectivity index (χ2n) is 7.72. The molecule has 6 nitrogen and oxygen atoms in total. The van der Waals surface area contributed by atoms with Crippen LogP contribution in [-0.2, 0) is 24.3 Å². The van der Waals surface area contributed by atoms with E-state index in [1.54, 1.807) is 0 Å². The minimum absolute atomic E-state index is 0. The Morgan fingerprint density at radius 1 is 1.17 bits per heavy atom. The lowest BCUT2D eigenvalue weighted by Crippen LogP contribution is -2.47. The first kappa shape index (κ1) is 23.7. The molecule has 4 rings (SSSR count). The summed E-state index contributed by atoms with van der Waals surface area (Å²) in [6, 6.07) is 13.1. The maximum absolute atomic E-state index is 12.8. The summed E-state index contributed by atoms with van der Waals surface area (Å²) in [6.07, 6.45) is 3.09. The summed E-state index contributed by atoms with van der Waals surface area (Å²) in [6.45, 7) is 4.81. The number of hydrogen-bond acceptors (Lipinski definition) is 4. The van der Waals surface area contributed by atoms with Crippen molar-refractivity contribution in [1.29, 1.82) is 0 Å². The van der Waals surface area contributed by atoms with Crippen LogP contribution < -0.4 is 5.32 Å². The van der Waals surface area contributed by atoms with Gasteiger partial charge in [-0.25, -0.2) is 0 Å². The number of amides is 1. The Morgan fingerprint density at radius 2 is 1.90 bits per heavy atom. The molecule has 0 spiro atoms. The van der Waals surface area contributed by atoms with Gasteiger partial charge in [-0.15, -0.1) is 24.8 Å². The Bertz CT molecular complexity index is 777. The fourth-order valence-corrected chi connectivity index (χ4v) is 4.12. The maximum Gasteiger partial charge on any atom is 0.237 e. The molecule has 1 fully saturated rings. The van der Waals surface area contributed by atoms with Gasteiger partial charge >= 0.3 is 0 Å². The topological polar surface area (TPSA) is 53.4 Å². The molecule has 0 aliphatic carbocycles. The average Bonchev–Trinajstić information content (AvgIpc) is 3.10. The standard InChI is InChI=1S/C21H29N5O.2ClH/c1-24(19-7-9-22-10-8-19)16-21(27)25-11-12-26-20(15-25)14-18(23-26)13-17-5-3-2-4-6-17;;/h2-6,14,19,22H,7-13,15-16H2,1H3;2*1H. The van der Waals surface area contributed by atoms with Gasteiger partial charge in [-0.2, -0.15) is 5.10 Å². The molecule has 1 N–H and O–H groups in total. The third kappa shape index (κ3) is 5.95. The van der Waals surface area contributed by atoms with Crippen molar-refractivity contribution >= 4 is 30.7 Å². The molecular weight excluding hydrogens is 409 g/mol. The Balaban J connectivity index is 0.00000150. The van der Waals surface area contributed by atoms with Crippen LogP contribution in [0.5, 0.6) is 0 Å². The normalized spacial score (nSPS) is 16.7. The van der Waals surface area contributed by atoms with Crippen molar-refractivity contribution in [2.75, 3.05) is 33.2 Å². The molecule has 0 atom stereocenters. The lowest BCUT2D eigenvalue weighted by atomic mass is 10.1. The van der Waals surface area contributed by atoms with E-state index in [-0.39, 0.29) is 30.7 Å². The molecule has 0 radical (unpaired) electrons. The van der Waals surface area contributed by atoms with E-state index in [1.807, 2.05) is 11.0 Å². The summed E-state index contributed by atoms with van der Waals surface area (Å²) < 4.78 is 2.07. The van der Waals surface area contributed by atoms with Crippen LogP contribution in [0.4, 0.5) is 0 Å². The van der Waals surface area contributed by atoms with Crippen molar-refractivity contribution in [3.05, 3.63) is 53.3 Å². The van der Waals surface area contributed by atoms with Crippen molar-refractivity contribution in [3.8, 4) is 0 Å². The Morgan fingerprint density at radius 3 is 2.62 bits per heavy atom. The van der Waals surface area contributed by atoms with Gasteiger partial charge in [0.25, 0.3) is 0 Å². The molecule has 1 saturated heterocycles. The lowest BCUT2D eigenvalue weighted by molar-refractivity contribution is -0.134. The molecule has 2 aliphatic rings. The zero-order valence-electron chi connectivity index (χ0n) is 16.9. The summed E-state index contributed by atoms with van der Waals surface area (Å²) >= 11 is 0. The molecule has 0 unspecified atom stereocenters. The van der Waals surface area contributed by atoms with Gasteiger partial charge in [0.15, 0.2) is 0 Å². The number of nitrogens with one attached hydrogen (secondary N) is 1. The minimum Gasteiger partial charge on any atom is -0.334 e. The number of rotatable bonds is 5. The number of fused-ring (bicyclic) bond motifs is 1. The molecule has 2 aliphatic heterocycles. The van der Waals surface area contributed by atoms with E-state index in [4.69, 9.17) is 5.10 Å². The van der Waals surface area contributed by atoms with Gasteiger partial charge in [0.1, 0.15) is 0 Å². The predicted octanol–water partition coefficient (Wildman–Crippen LogP) is 2.34. The monoisotopic (exact) mass is 439 g/mol. The number of nitrogens with zero attached hydrogens (tertiary/aromatic N) is 4. The first-order chi connectivity index (χ1) is 13.2. The van der Waals surface area contributed by atoms with E-state index >= 15 is 0 Å². The lowest BCUT2D eigenvalue weighted by Gasteiger charge is -2.34. The number of likely N-dealkylation sites (N-methyl/N-ethyl adjacent to an activating group) is 1. The highest BCUT2D eigenvalue weighted by Crippen LogP contribution is 2.17. The van der Waals surface area contributed by atoms with Crippen LogP contribution >= 0.6 is 24.8 Å². The number of benzene rings is 1. The number of carbonyl (C=O) groups excluding carboxylic acids is 1. The quantitative estimate of drug-likeness (QED) is 0.776. The summed E-state index contributed by atoms with van der Waals surface area (Å²) in [4.78, 5) is 17.0. The number of piperidine rings is 1. The van der Waals surface area contributed by atoms with E-state index in [0.29, 0.717) is 19.1 Å². The van der Waals surface area contributed by atoms with Crippen molar-refractivity contribution in [2.24, 2.45) is 0 Å². The molecule has 0 saturated carbocycles. The zero-order valence-corrected chi connectivity index (χ0v) is 18.6. The maximum atomic E-state index is 12.8. The molecule has 3 heterocycles. The van der Waals surface area contributed by atoms with E-state index in [0.717, 1.165) is 56.8 Å². The summed E-state index contributed by atoms with van der Waals surface area (Å²) in [7, 11) is 2.08. The zero-order chi connectivity index (χ0) is 18.6. The number of aromatic nitrogens is 2. The van der Waals surface area contributed by atoms with Gasteiger partial charge in [-0.1, -0.05) is 30.3 Å². The highest BCUT2D eigenvalue weighted by molar-refractivity contribution is 5.85. The molecular formula is C21H31Cl2N5O. The Labute approximate surface area is 185 Å². The molecule has 1 aromatic carbocycles. The molecule has 0 bridgehead atoms. The summed E-state index contributed by atoms with van der Waals surface area (Å²) in [5.74, 6) is 0.230. The third-order valence-electron chi connectivity index (χ3n) is 5.75. The van der Waals surface area contributed by atoms with Gasteiger partial charge in [0.2, 0.25) is 5.91 Å². The number of halogens is 2. The van der Waals surface area contributed by atoms with Gasteiger partial charge < -0.3 is 10.2 Å². The fraction of sp³-hybridized carbons (Fsp3) is 0.524. The van der Waals surface area contributed by atoms with Crippen molar-refractivity contribution in [2.45, 2.75) is 38.4 Å². The van der Waals surface area contributed by atoms with Crippen LogP contribution in [-0.4, -0.2) is 64.8 Å². The largest absolute Gasteiger partial charge is 0.334 e. The van der Waals surface area contributed by atoms with Gasteiger partial charge in [-0.3, -0.25) is 14.4 Å². The highest BCUT2D eigenvalue weighted by atomic mass is 35.5. The SMILES string of the molecule is CN(CC(=O)N1CCn2nc(Cc3ccccc3)cc2C1)C1CCNCC1.Cl.Cl. The van der Waals surface area contributed by atoms with E-state index < -0.39 is 0 Å². The smallest absolute Gasteiger partial charge is 0.237 e. The third-order valence-corrected chi connectivity index (χ3v) is 5.75. The van der Waals surface area contributed by atoms with Crippen LogP contribution in [0, 0.1) is 0 Å². The van der Waals surface area contributed by atoms with E-state index in [1.165, 1.54) is 5.56 Å². The Kier molecular flexibility index (Phi) is 8.96. The minimum atomic E-state index is 0. The van der Waals surface area contributed by atoms with Gasteiger partial charge in [0, 0.05) is 19.0 Å². The van der Waals surface area contributed by atoms with Crippen LogP contribution in [0.3, 0.4) is 0 Å². The molecule has 1 aromatic heterocycles. The van der Waals surface area contributed by atoms with Crippen LogP contribution in [0.25, 0.3) is 0 Å². The van der Waals surface area contributed by atoms with Crippen molar-refractivity contribution < 1.29 is 4.79 Å². The highest BCUT2D eigenvalue weighted by Gasteiger charge is 2.25. The average molecular weight is 440 g/mol. The van der Waals surface area contributed by atoms with E-state index in [2.05, 4.69) is 52.3 Å². The number of carbonyl (C=O) groups is 1. The van der Waals surface area contributed by atoms with Crippen molar-refractivity contribution in [3.63, 3.8) is 0 Å². The molecule has 2 aromatic rings. The predicted molar refractivity (Wildman–Crippen MR) is 120 cm³/mol. The van der Waals surface area contributed by atoms with Gasteiger partial charge in [0.05, 0.1) is 31.0 Å². The van der Waals surface area contributed by atoms with Crippen LogP contribution in [0.1, 0.15) is 29.8 Å². The number of hydrogen-bond donors (Lipinski definition) is 1. The fourth-order valence-electron chi connectivity index (χ4n) is 4.12. The molecule has 8 heteroatoms. The summed E-state index contributed by atoms with van der Waals surface area (Å²) in [5, 5.41) is 8.12. The van der Waals surface area contributed by atoms with Crippen LogP contribution in [0.2, 0.25) is 0 Å². The molecule has 160 valence electrons.